The summed E-state index contributed by atoms with van der Waals surface area (Å²) in [4.78, 5) is 12.5. The maximum atomic E-state index is 11.0. The van der Waals surface area contributed by atoms with Crippen molar-refractivity contribution in [2.24, 2.45) is 0 Å². The van der Waals surface area contributed by atoms with Gasteiger partial charge in [0.25, 0.3) is 0 Å². The predicted octanol–water partition coefficient (Wildman–Crippen LogP) is -1.35. The van der Waals surface area contributed by atoms with Gasteiger partial charge in [-0.2, -0.15) is 0 Å². The number of nitrogens with one attached hydrogen (secondary N) is 1. The van der Waals surface area contributed by atoms with Gasteiger partial charge >= 0.3 is 0 Å². The lowest BCUT2D eigenvalue weighted by atomic mass is 10.3. The van der Waals surface area contributed by atoms with E-state index in [-0.39, 0.29) is 12.5 Å². The molecule has 0 spiro atoms. The Morgan fingerprint density at radius 1 is 1.70 bits per heavy atom. The fourth-order valence-corrected chi connectivity index (χ4v) is 0.605. The molecule has 0 rings (SSSR count). The molecular weight excluding hydrogens is 132 g/mol. The van der Waals surface area contributed by atoms with Crippen molar-refractivity contribution in [3.05, 3.63) is 0 Å². The van der Waals surface area contributed by atoms with Crippen LogP contribution in [0.1, 0.15) is 0 Å². The zero-order chi connectivity index (χ0) is 8.15. The van der Waals surface area contributed by atoms with E-state index in [1.54, 1.807) is 21.1 Å². The van der Waals surface area contributed by atoms with E-state index in [4.69, 9.17) is 5.11 Å². The summed E-state index contributed by atoms with van der Waals surface area (Å²) in [6, 6.07) is -0.463. The largest absolute Gasteiger partial charge is 0.394 e. The van der Waals surface area contributed by atoms with Crippen LogP contribution in [0, 0.1) is 0 Å². The van der Waals surface area contributed by atoms with E-state index in [9.17, 15) is 4.79 Å². The zero-order valence-electron chi connectivity index (χ0n) is 6.59. The summed E-state index contributed by atoms with van der Waals surface area (Å²) < 4.78 is 0. The second-order valence-corrected chi connectivity index (χ2v) is 2.26. The molecule has 0 aliphatic carbocycles. The SMILES string of the molecule is CNC(CO)C(=O)N(C)C. The third kappa shape index (κ3) is 2.33. The molecule has 4 nitrogen and oxygen atoms in total. The summed E-state index contributed by atoms with van der Waals surface area (Å²) in [6.45, 7) is -0.159. The van der Waals surface area contributed by atoms with Crippen molar-refractivity contribution in [3.8, 4) is 0 Å². The number of nitrogens with zero attached hydrogens (tertiary/aromatic N) is 1. The molecule has 4 heteroatoms. The fourth-order valence-electron chi connectivity index (χ4n) is 0.605. The third-order valence-corrected chi connectivity index (χ3v) is 1.27. The van der Waals surface area contributed by atoms with Gasteiger partial charge in [-0.1, -0.05) is 0 Å². The topological polar surface area (TPSA) is 52.6 Å². The Bertz CT molecular complexity index is 110. The van der Waals surface area contributed by atoms with Gasteiger partial charge < -0.3 is 15.3 Å². The van der Waals surface area contributed by atoms with Crippen molar-refractivity contribution in [1.82, 2.24) is 10.2 Å². The van der Waals surface area contributed by atoms with E-state index in [0.717, 1.165) is 0 Å². The first-order valence-electron chi connectivity index (χ1n) is 3.12. The van der Waals surface area contributed by atoms with E-state index in [2.05, 4.69) is 5.32 Å². The molecule has 0 aromatic carbocycles. The fraction of sp³-hybridized carbons (Fsp3) is 0.833. The maximum Gasteiger partial charge on any atom is 0.241 e. The third-order valence-electron chi connectivity index (χ3n) is 1.27. The number of aliphatic hydroxyl groups excluding tert-OH is 1. The summed E-state index contributed by atoms with van der Waals surface area (Å²) in [6.07, 6.45) is 0. The summed E-state index contributed by atoms with van der Waals surface area (Å²) in [5.74, 6) is -0.106. The molecule has 60 valence electrons. The minimum atomic E-state index is -0.463. The minimum absolute atomic E-state index is 0.106. The van der Waals surface area contributed by atoms with Gasteiger partial charge in [-0.25, -0.2) is 0 Å². The quantitative estimate of drug-likeness (QED) is 0.518. The molecule has 2 N–H and O–H groups in total. The van der Waals surface area contributed by atoms with Crippen LogP contribution < -0.4 is 5.32 Å². The number of rotatable bonds is 3. The Labute approximate surface area is 60.8 Å². The smallest absolute Gasteiger partial charge is 0.241 e. The molecule has 0 heterocycles. The van der Waals surface area contributed by atoms with Crippen LogP contribution >= 0.6 is 0 Å². The first-order chi connectivity index (χ1) is 4.63. The van der Waals surface area contributed by atoms with Gasteiger partial charge in [0.1, 0.15) is 6.04 Å². The number of aliphatic hydroxyl groups is 1. The van der Waals surface area contributed by atoms with E-state index in [1.165, 1.54) is 4.90 Å². The maximum absolute atomic E-state index is 11.0. The van der Waals surface area contributed by atoms with Gasteiger partial charge in [-0.05, 0) is 7.05 Å². The Kier molecular flexibility index (Phi) is 3.99. The second-order valence-electron chi connectivity index (χ2n) is 2.26. The van der Waals surface area contributed by atoms with Crippen molar-refractivity contribution in [2.45, 2.75) is 6.04 Å². The second kappa shape index (κ2) is 4.24. The highest BCUT2D eigenvalue weighted by atomic mass is 16.3. The summed E-state index contributed by atoms with van der Waals surface area (Å²) in [5.41, 5.74) is 0. The lowest BCUT2D eigenvalue weighted by Crippen LogP contribution is -2.44. The molecular formula is C6H14N2O2. The number of hydrogen-bond acceptors (Lipinski definition) is 3. The molecule has 0 fully saturated rings. The van der Waals surface area contributed by atoms with Crippen molar-refractivity contribution >= 4 is 5.91 Å². The van der Waals surface area contributed by atoms with Crippen LogP contribution in [0.3, 0.4) is 0 Å². The van der Waals surface area contributed by atoms with Gasteiger partial charge in [0.05, 0.1) is 6.61 Å². The molecule has 0 aliphatic rings. The van der Waals surface area contributed by atoms with Gasteiger partial charge in [-0.3, -0.25) is 4.79 Å². The molecule has 10 heavy (non-hydrogen) atoms. The Hall–Kier alpha value is -0.610. The molecule has 1 atom stereocenters. The molecule has 1 unspecified atom stereocenters. The van der Waals surface area contributed by atoms with Crippen LogP contribution in [0.25, 0.3) is 0 Å². The average molecular weight is 146 g/mol. The number of carbonyl (C=O) groups excluding carboxylic acids is 1. The van der Waals surface area contributed by atoms with Gasteiger partial charge in [0.2, 0.25) is 5.91 Å². The number of amides is 1. The average Bonchev–Trinajstić information content (AvgIpc) is 1.90. The van der Waals surface area contributed by atoms with E-state index < -0.39 is 6.04 Å². The predicted molar refractivity (Wildman–Crippen MR) is 38.6 cm³/mol. The van der Waals surface area contributed by atoms with Gasteiger partial charge in [-0.15, -0.1) is 0 Å². The first kappa shape index (κ1) is 9.39. The number of hydrogen-bond donors (Lipinski definition) is 2. The van der Waals surface area contributed by atoms with Crippen molar-refractivity contribution in [2.75, 3.05) is 27.7 Å². The van der Waals surface area contributed by atoms with Crippen LogP contribution in [0.5, 0.6) is 0 Å². The van der Waals surface area contributed by atoms with E-state index in [0.29, 0.717) is 0 Å². The summed E-state index contributed by atoms with van der Waals surface area (Å²) >= 11 is 0. The van der Waals surface area contributed by atoms with E-state index in [1.807, 2.05) is 0 Å². The highest BCUT2D eigenvalue weighted by molar-refractivity contribution is 5.81. The van der Waals surface area contributed by atoms with Crippen LogP contribution in [0.2, 0.25) is 0 Å². The normalized spacial score (nSPS) is 12.8. The Morgan fingerprint density at radius 3 is 2.30 bits per heavy atom. The molecule has 0 bridgehead atoms. The Balaban J connectivity index is 3.89. The van der Waals surface area contributed by atoms with Crippen molar-refractivity contribution < 1.29 is 9.90 Å². The van der Waals surface area contributed by atoms with Gasteiger partial charge in [0, 0.05) is 14.1 Å². The molecule has 0 aromatic heterocycles. The van der Waals surface area contributed by atoms with Gasteiger partial charge in [0.15, 0.2) is 0 Å². The molecule has 0 aliphatic heterocycles. The van der Waals surface area contributed by atoms with Crippen LogP contribution in [0.4, 0.5) is 0 Å². The van der Waals surface area contributed by atoms with Crippen LogP contribution in [0.15, 0.2) is 0 Å². The lowest BCUT2D eigenvalue weighted by Gasteiger charge is -2.17. The van der Waals surface area contributed by atoms with E-state index >= 15 is 0 Å². The molecule has 0 saturated heterocycles. The zero-order valence-corrected chi connectivity index (χ0v) is 6.59. The standard InChI is InChI=1S/C6H14N2O2/c1-7-5(4-9)6(10)8(2)3/h5,7,9H,4H2,1-3H3. The molecule has 0 aromatic rings. The van der Waals surface area contributed by atoms with Crippen LogP contribution in [-0.2, 0) is 4.79 Å². The molecule has 1 amide bonds. The highest BCUT2D eigenvalue weighted by Crippen LogP contribution is 1.86. The highest BCUT2D eigenvalue weighted by Gasteiger charge is 2.15. The minimum Gasteiger partial charge on any atom is -0.394 e. The Morgan fingerprint density at radius 2 is 2.20 bits per heavy atom. The lowest BCUT2D eigenvalue weighted by molar-refractivity contribution is -0.131. The summed E-state index contributed by atoms with van der Waals surface area (Å²) in [7, 11) is 4.95. The summed E-state index contributed by atoms with van der Waals surface area (Å²) in [5, 5.41) is 11.3. The van der Waals surface area contributed by atoms with Crippen LogP contribution in [-0.4, -0.2) is 49.7 Å². The first-order valence-corrected chi connectivity index (χ1v) is 3.12. The number of likely N-dealkylation sites (N-methyl/N-ethyl adjacent to an activating group) is 2. The molecule has 0 saturated carbocycles. The molecule has 0 radical (unpaired) electrons. The monoisotopic (exact) mass is 146 g/mol. The number of carbonyl (C=O) groups is 1. The van der Waals surface area contributed by atoms with Crippen molar-refractivity contribution in [3.63, 3.8) is 0 Å². The van der Waals surface area contributed by atoms with Crippen molar-refractivity contribution in [1.29, 1.82) is 0 Å².